The Morgan fingerprint density at radius 2 is 2.22 bits per heavy atom. The number of nitrogens with zero attached hydrogens (tertiary/aromatic N) is 3. The summed E-state index contributed by atoms with van der Waals surface area (Å²) >= 11 is 6.07. The van der Waals surface area contributed by atoms with E-state index in [4.69, 9.17) is 16.6 Å². The summed E-state index contributed by atoms with van der Waals surface area (Å²) in [5.41, 5.74) is 1.92. The Kier molecular flexibility index (Phi) is 3.55. The quantitative estimate of drug-likeness (QED) is 0.857. The molecule has 0 unspecified atom stereocenters. The molecule has 1 spiro atoms. The standard InChI is InChI=1S/C16H20ClN5O/c1-21-13-3-2-11(17)6-12(13)20-14(21)8-22-5-4-19-15(23)7-16(22)9-18-10-16/h2-3,6,18H,4-5,7-10H2,1H3,(H,19,23). The van der Waals surface area contributed by atoms with Gasteiger partial charge in [-0.05, 0) is 18.2 Å². The number of carbonyl (C=O) groups excluding carboxylic acids is 1. The van der Waals surface area contributed by atoms with Crippen molar-refractivity contribution in [2.75, 3.05) is 26.2 Å². The summed E-state index contributed by atoms with van der Waals surface area (Å²) in [7, 11) is 2.03. The second-order valence-corrected chi connectivity index (χ2v) is 6.93. The molecule has 7 heteroatoms. The summed E-state index contributed by atoms with van der Waals surface area (Å²) in [5, 5.41) is 7.00. The normalized spacial score (nSPS) is 21.2. The van der Waals surface area contributed by atoms with Crippen LogP contribution in [0.4, 0.5) is 0 Å². The van der Waals surface area contributed by atoms with Crippen LogP contribution in [0.5, 0.6) is 0 Å². The van der Waals surface area contributed by atoms with E-state index in [-0.39, 0.29) is 11.4 Å². The number of rotatable bonds is 2. The lowest BCUT2D eigenvalue weighted by molar-refractivity contribution is -0.123. The van der Waals surface area contributed by atoms with Crippen molar-refractivity contribution in [3.8, 4) is 0 Å². The molecule has 2 N–H and O–H groups in total. The maximum atomic E-state index is 11.9. The summed E-state index contributed by atoms with van der Waals surface area (Å²) in [6.45, 7) is 3.99. The van der Waals surface area contributed by atoms with Gasteiger partial charge in [-0.2, -0.15) is 0 Å². The van der Waals surface area contributed by atoms with Gasteiger partial charge in [-0.1, -0.05) is 11.6 Å². The van der Waals surface area contributed by atoms with Crippen LogP contribution < -0.4 is 10.6 Å². The first kappa shape index (κ1) is 14.9. The van der Waals surface area contributed by atoms with E-state index in [9.17, 15) is 4.79 Å². The monoisotopic (exact) mass is 333 g/mol. The highest BCUT2D eigenvalue weighted by molar-refractivity contribution is 6.31. The Balaban J connectivity index is 1.66. The average Bonchev–Trinajstić information content (AvgIpc) is 2.66. The summed E-state index contributed by atoms with van der Waals surface area (Å²) < 4.78 is 2.12. The number of nitrogens with one attached hydrogen (secondary N) is 2. The summed E-state index contributed by atoms with van der Waals surface area (Å²) in [6, 6.07) is 5.79. The minimum atomic E-state index is -0.0731. The van der Waals surface area contributed by atoms with E-state index in [0.29, 0.717) is 18.0 Å². The second-order valence-electron chi connectivity index (χ2n) is 6.50. The van der Waals surface area contributed by atoms with Crippen molar-refractivity contribution in [2.45, 2.75) is 18.5 Å². The molecular weight excluding hydrogens is 314 g/mol. The molecular formula is C16H20ClN5O. The van der Waals surface area contributed by atoms with E-state index in [0.717, 1.165) is 43.0 Å². The number of hydrogen-bond acceptors (Lipinski definition) is 4. The van der Waals surface area contributed by atoms with E-state index < -0.39 is 0 Å². The third kappa shape index (κ3) is 2.51. The van der Waals surface area contributed by atoms with Gasteiger partial charge < -0.3 is 15.2 Å². The first-order valence-electron chi connectivity index (χ1n) is 7.91. The Hall–Kier alpha value is -1.63. The minimum absolute atomic E-state index is 0.0731. The van der Waals surface area contributed by atoms with E-state index in [2.05, 4.69) is 20.1 Å². The van der Waals surface area contributed by atoms with Gasteiger partial charge in [-0.15, -0.1) is 0 Å². The van der Waals surface area contributed by atoms with Gasteiger partial charge in [0.1, 0.15) is 5.82 Å². The van der Waals surface area contributed by atoms with Crippen LogP contribution in [-0.4, -0.2) is 52.1 Å². The zero-order valence-electron chi connectivity index (χ0n) is 13.1. The topological polar surface area (TPSA) is 62.2 Å². The van der Waals surface area contributed by atoms with Crippen molar-refractivity contribution in [2.24, 2.45) is 7.05 Å². The first-order valence-corrected chi connectivity index (χ1v) is 8.29. The van der Waals surface area contributed by atoms with Crippen LogP contribution in [0.3, 0.4) is 0 Å². The minimum Gasteiger partial charge on any atom is -0.355 e. The zero-order valence-corrected chi connectivity index (χ0v) is 13.9. The van der Waals surface area contributed by atoms with Crippen LogP contribution >= 0.6 is 11.6 Å². The van der Waals surface area contributed by atoms with Crippen LogP contribution in [0, 0.1) is 0 Å². The smallest absolute Gasteiger partial charge is 0.222 e. The van der Waals surface area contributed by atoms with Gasteiger partial charge in [0.05, 0.1) is 23.1 Å². The van der Waals surface area contributed by atoms with Gasteiger partial charge in [0.2, 0.25) is 5.91 Å². The Morgan fingerprint density at radius 3 is 2.96 bits per heavy atom. The van der Waals surface area contributed by atoms with Gasteiger partial charge in [-0.3, -0.25) is 9.69 Å². The molecule has 2 aromatic rings. The van der Waals surface area contributed by atoms with Gasteiger partial charge in [0.15, 0.2) is 0 Å². The van der Waals surface area contributed by atoms with E-state index >= 15 is 0 Å². The van der Waals surface area contributed by atoms with Gasteiger partial charge >= 0.3 is 0 Å². The molecule has 0 radical (unpaired) electrons. The van der Waals surface area contributed by atoms with E-state index in [1.54, 1.807) is 0 Å². The fraction of sp³-hybridized carbons (Fsp3) is 0.500. The van der Waals surface area contributed by atoms with Crippen LogP contribution in [0.1, 0.15) is 12.2 Å². The molecule has 1 amide bonds. The molecule has 1 aromatic carbocycles. The van der Waals surface area contributed by atoms with Crippen molar-refractivity contribution in [1.82, 2.24) is 25.1 Å². The highest BCUT2D eigenvalue weighted by Gasteiger charge is 2.45. The lowest BCUT2D eigenvalue weighted by Gasteiger charge is -2.49. The Bertz CT molecular complexity index is 767. The fourth-order valence-electron chi connectivity index (χ4n) is 3.58. The molecule has 0 saturated carbocycles. The summed E-state index contributed by atoms with van der Waals surface area (Å²) in [4.78, 5) is 19.1. The summed E-state index contributed by atoms with van der Waals surface area (Å²) in [5.74, 6) is 1.15. The second kappa shape index (κ2) is 5.47. The lowest BCUT2D eigenvalue weighted by atomic mass is 9.86. The number of benzene rings is 1. The Labute approximate surface area is 139 Å². The van der Waals surface area contributed by atoms with Crippen molar-refractivity contribution in [3.63, 3.8) is 0 Å². The van der Waals surface area contributed by atoms with Crippen molar-refractivity contribution in [3.05, 3.63) is 29.0 Å². The largest absolute Gasteiger partial charge is 0.355 e. The molecule has 23 heavy (non-hydrogen) atoms. The molecule has 2 saturated heterocycles. The third-order valence-electron chi connectivity index (χ3n) is 5.04. The molecule has 6 nitrogen and oxygen atoms in total. The predicted octanol–water partition coefficient (Wildman–Crippen LogP) is 0.891. The molecule has 3 heterocycles. The first-order chi connectivity index (χ1) is 11.1. The van der Waals surface area contributed by atoms with Gasteiger partial charge in [-0.25, -0.2) is 4.98 Å². The molecule has 0 bridgehead atoms. The highest BCUT2D eigenvalue weighted by Crippen LogP contribution is 2.29. The number of aryl methyl sites for hydroxylation is 1. The summed E-state index contributed by atoms with van der Waals surface area (Å²) in [6.07, 6.45) is 0.551. The van der Waals surface area contributed by atoms with Crippen molar-refractivity contribution < 1.29 is 4.79 Å². The Morgan fingerprint density at radius 1 is 1.39 bits per heavy atom. The van der Waals surface area contributed by atoms with Crippen LogP contribution in [0.15, 0.2) is 18.2 Å². The number of fused-ring (bicyclic) bond motifs is 1. The molecule has 1 aromatic heterocycles. The maximum absolute atomic E-state index is 11.9. The van der Waals surface area contributed by atoms with Crippen LogP contribution in [0.2, 0.25) is 5.02 Å². The van der Waals surface area contributed by atoms with Gasteiger partial charge in [0.25, 0.3) is 0 Å². The lowest BCUT2D eigenvalue weighted by Crippen LogP contribution is -2.69. The van der Waals surface area contributed by atoms with E-state index in [1.807, 2.05) is 25.2 Å². The maximum Gasteiger partial charge on any atom is 0.222 e. The molecule has 2 aliphatic rings. The third-order valence-corrected chi connectivity index (χ3v) is 5.28. The van der Waals surface area contributed by atoms with Crippen molar-refractivity contribution >= 4 is 28.5 Å². The molecule has 0 aliphatic carbocycles. The van der Waals surface area contributed by atoms with Crippen LogP contribution in [-0.2, 0) is 18.4 Å². The molecule has 122 valence electrons. The molecule has 2 fully saturated rings. The SMILES string of the molecule is Cn1c(CN2CCNC(=O)CC23CNC3)nc2cc(Cl)ccc21. The van der Waals surface area contributed by atoms with Gasteiger partial charge in [0, 0.05) is 44.7 Å². The molecule has 0 atom stereocenters. The fourth-order valence-corrected chi connectivity index (χ4v) is 3.75. The zero-order chi connectivity index (χ0) is 16.0. The van der Waals surface area contributed by atoms with Crippen molar-refractivity contribution in [1.29, 1.82) is 0 Å². The number of hydrogen-bond donors (Lipinski definition) is 2. The molecule has 2 aliphatic heterocycles. The van der Waals surface area contributed by atoms with E-state index in [1.165, 1.54) is 0 Å². The number of carbonyl (C=O) groups is 1. The molecule has 4 rings (SSSR count). The number of amides is 1. The number of halogens is 1. The van der Waals surface area contributed by atoms with Crippen LogP contribution in [0.25, 0.3) is 11.0 Å². The average molecular weight is 334 g/mol. The number of aromatic nitrogens is 2. The highest BCUT2D eigenvalue weighted by atomic mass is 35.5. The number of imidazole rings is 1. The predicted molar refractivity (Wildman–Crippen MR) is 89.4 cm³/mol.